The molecule has 0 aromatic heterocycles. The Kier molecular flexibility index (Phi) is 4.85. The highest BCUT2D eigenvalue weighted by Crippen LogP contribution is 2.16. The number of aryl methyl sites for hydroxylation is 1. The lowest BCUT2D eigenvalue weighted by Gasteiger charge is -2.12. The molecule has 1 aromatic carbocycles. The summed E-state index contributed by atoms with van der Waals surface area (Å²) in [5, 5.41) is 14.6. The van der Waals surface area contributed by atoms with E-state index in [0.29, 0.717) is 17.8 Å². The standard InChI is InChI=1S/C13H18N2O3/c1-8-6-10(4-5-11(8)13(17)18)15-12(16)9(2)7-14-3/h4-6,9,14H,7H2,1-3H3,(H,15,16)(H,17,18). The SMILES string of the molecule is CNCC(C)C(=O)Nc1ccc(C(=O)O)c(C)c1. The summed E-state index contributed by atoms with van der Waals surface area (Å²) in [4.78, 5) is 22.6. The van der Waals surface area contributed by atoms with Gasteiger partial charge in [0.25, 0.3) is 0 Å². The zero-order chi connectivity index (χ0) is 13.7. The first kappa shape index (κ1) is 14.2. The number of benzene rings is 1. The van der Waals surface area contributed by atoms with Crippen molar-refractivity contribution in [3.8, 4) is 0 Å². The van der Waals surface area contributed by atoms with Gasteiger partial charge in [-0.15, -0.1) is 0 Å². The van der Waals surface area contributed by atoms with Crippen molar-refractivity contribution in [2.24, 2.45) is 5.92 Å². The molecule has 0 fully saturated rings. The van der Waals surface area contributed by atoms with Crippen molar-refractivity contribution < 1.29 is 14.7 Å². The maximum Gasteiger partial charge on any atom is 0.335 e. The van der Waals surface area contributed by atoms with Crippen molar-refractivity contribution in [3.05, 3.63) is 29.3 Å². The Labute approximate surface area is 106 Å². The zero-order valence-electron chi connectivity index (χ0n) is 10.8. The minimum Gasteiger partial charge on any atom is -0.478 e. The highest BCUT2D eigenvalue weighted by atomic mass is 16.4. The lowest BCUT2D eigenvalue weighted by atomic mass is 10.1. The summed E-state index contributed by atoms with van der Waals surface area (Å²) in [5.74, 6) is -1.20. The Hall–Kier alpha value is -1.88. The Balaban J connectivity index is 2.77. The van der Waals surface area contributed by atoms with Crippen LogP contribution in [0.15, 0.2) is 18.2 Å². The van der Waals surface area contributed by atoms with E-state index >= 15 is 0 Å². The average molecular weight is 250 g/mol. The molecule has 1 atom stereocenters. The van der Waals surface area contributed by atoms with Crippen LogP contribution in [0.25, 0.3) is 0 Å². The molecule has 0 aliphatic heterocycles. The van der Waals surface area contributed by atoms with Gasteiger partial charge in [0.05, 0.1) is 5.56 Å². The monoisotopic (exact) mass is 250 g/mol. The predicted octanol–water partition coefficient (Wildman–Crippen LogP) is 1.49. The van der Waals surface area contributed by atoms with E-state index in [0.717, 1.165) is 0 Å². The number of aromatic carboxylic acids is 1. The molecule has 1 unspecified atom stereocenters. The molecule has 0 spiro atoms. The van der Waals surface area contributed by atoms with Crippen LogP contribution in [-0.4, -0.2) is 30.6 Å². The van der Waals surface area contributed by atoms with Gasteiger partial charge in [-0.3, -0.25) is 4.79 Å². The average Bonchev–Trinajstić information content (AvgIpc) is 2.28. The molecule has 1 rings (SSSR count). The fraction of sp³-hybridized carbons (Fsp3) is 0.385. The van der Waals surface area contributed by atoms with Crippen LogP contribution in [0.4, 0.5) is 5.69 Å². The van der Waals surface area contributed by atoms with E-state index in [1.807, 2.05) is 6.92 Å². The molecule has 0 radical (unpaired) electrons. The van der Waals surface area contributed by atoms with Gasteiger partial charge in [-0.1, -0.05) is 6.92 Å². The van der Waals surface area contributed by atoms with E-state index in [4.69, 9.17) is 5.11 Å². The number of carboxylic acids is 1. The Morgan fingerprint density at radius 3 is 2.56 bits per heavy atom. The van der Waals surface area contributed by atoms with E-state index in [1.165, 1.54) is 6.07 Å². The van der Waals surface area contributed by atoms with Crippen molar-refractivity contribution in [3.63, 3.8) is 0 Å². The molecule has 98 valence electrons. The number of anilines is 1. The van der Waals surface area contributed by atoms with Gasteiger partial charge in [-0.05, 0) is 37.7 Å². The van der Waals surface area contributed by atoms with Gasteiger partial charge in [-0.2, -0.15) is 0 Å². The van der Waals surface area contributed by atoms with Crippen molar-refractivity contribution in [2.75, 3.05) is 18.9 Å². The first-order valence-electron chi connectivity index (χ1n) is 5.75. The quantitative estimate of drug-likeness (QED) is 0.739. The molecule has 3 N–H and O–H groups in total. The van der Waals surface area contributed by atoms with Crippen molar-refractivity contribution in [1.29, 1.82) is 0 Å². The summed E-state index contributed by atoms with van der Waals surface area (Å²) < 4.78 is 0. The van der Waals surface area contributed by atoms with Gasteiger partial charge in [0.2, 0.25) is 5.91 Å². The van der Waals surface area contributed by atoms with E-state index in [1.54, 1.807) is 26.1 Å². The van der Waals surface area contributed by atoms with Crippen LogP contribution >= 0.6 is 0 Å². The molecule has 5 heteroatoms. The van der Waals surface area contributed by atoms with Gasteiger partial charge in [0.1, 0.15) is 0 Å². The number of hydrogen-bond donors (Lipinski definition) is 3. The topological polar surface area (TPSA) is 78.4 Å². The fourth-order valence-corrected chi connectivity index (χ4v) is 1.65. The molecule has 0 saturated heterocycles. The Bertz CT molecular complexity index is 458. The van der Waals surface area contributed by atoms with Crippen molar-refractivity contribution in [1.82, 2.24) is 5.32 Å². The van der Waals surface area contributed by atoms with Crippen LogP contribution in [0, 0.1) is 12.8 Å². The highest BCUT2D eigenvalue weighted by Gasteiger charge is 2.13. The van der Waals surface area contributed by atoms with Gasteiger partial charge >= 0.3 is 5.97 Å². The van der Waals surface area contributed by atoms with Crippen LogP contribution < -0.4 is 10.6 Å². The minimum absolute atomic E-state index is 0.0909. The number of rotatable bonds is 5. The summed E-state index contributed by atoms with van der Waals surface area (Å²) in [6, 6.07) is 4.75. The largest absolute Gasteiger partial charge is 0.478 e. The van der Waals surface area contributed by atoms with Crippen molar-refractivity contribution >= 4 is 17.6 Å². The number of carboxylic acid groups (broad SMARTS) is 1. The molecular weight excluding hydrogens is 232 g/mol. The number of carbonyl (C=O) groups is 2. The lowest BCUT2D eigenvalue weighted by molar-refractivity contribution is -0.119. The van der Waals surface area contributed by atoms with Crippen LogP contribution in [0.1, 0.15) is 22.8 Å². The summed E-state index contributed by atoms with van der Waals surface area (Å²) in [5.41, 5.74) is 1.49. The van der Waals surface area contributed by atoms with E-state index in [2.05, 4.69) is 10.6 Å². The summed E-state index contributed by atoms with van der Waals surface area (Å²) in [6.07, 6.45) is 0. The minimum atomic E-state index is -0.964. The summed E-state index contributed by atoms with van der Waals surface area (Å²) in [6.45, 7) is 4.12. The fourth-order valence-electron chi connectivity index (χ4n) is 1.65. The third-order valence-electron chi connectivity index (χ3n) is 2.68. The molecule has 0 bridgehead atoms. The third-order valence-corrected chi connectivity index (χ3v) is 2.68. The van der Waals surface area contributed by atoms with E-state index in [-0.39, 0.29) is 17.4 Å². The van der Waals surface area contributed by atoms with Crippen LogP contribution in [0.2, 0.25) is 0 Å². The summed E-state index contributed by atoms with van der Waals surface area (Å²) in [7, 11) is 1.79. The molecular formula is C13H18N2O3. The second-order valence-electron chi connectivity index (χ2n) is 4.28. The van der Waals surface area contributed by atoms with Gasteiger partial charge in [-0.25, -0.2) is 4.79 Å². The normalized spacial score (nSPS) is 11.9. The summed E-state index contributed by atoms with van der Waals surface area (Å²) >= 11 is 0. The molecule has 0 aliphatic carbocycles. The maximum atomic E-state index is 11.8. The Morgan fingerprint density at radius 1 is 1.39 bits per heavy atom. The zero-order valence-corrected chi connectivity index (χ0v) is 10.8. The van der Waals surface area contributed by atoms with Gasteiger partial charge in [0.15, 0.2) is 0 Å². The number of amides is 1. The molecule has 0 heterocycles. The highest BCUT2D eigenvalue weighted by molar-refractivity contribution is 5.94. The maximum absolute atomic E-state index is 11.8. The lowest BCUT2D eigenvalue weighted by Crippen LogP contribution is -2.28. The molecule has 0 saturated carbocycles. The van der Waals surface area contributed by atoms with Crippen LogP contribution in [-0.2, 0) is 4.79 Å². The van der Waals surface area contributed by atoms with E-state index < -0.39 is 5.97 Å². The predicted molar refractivity (Wildman–Crippen MR) is 69.9 cm³/mol. The van der Waals surface area contributed by atoms with Gasteiger partial charge in [0, 0.05) is 18.2 Å². The second kappa shape index (κ2) is 6.16. The van der Waals surface area contributed by atoms with Crippen LogP contribution in [0.5, 0.6) is 0 Å². The molecule has 0 aliphatic rings. The van der Waals surface area contributed by atoms with Gasteiger partial charge < -0.3 is 15.7 Å². The number of carbonyl (C=O) groups excluding carboxylic acids is 1. The number of hydrogen-bond acceptors (Lipinski definition) is 3. The molecule has 1 amide bonds. The first-order chi connectivity index (χ1) is 8.45. The molecule has 5 nitrogen and oxygen atoms in total. The third kappa shape index (κ3) is 3.56. The van der Waals surface area contributed by atoms with E-state index in [9.17, 15) is 9.59 Å². The molecule has 1 aromatic rings. The Morgan fingerprint density at radius 2 is 2.06 bits per heavy atom. The molecule has 18 heavy (non-hydrogen) atoms. The second-order valence-corrected chi connectivity index (χ2v) is 4.28. The first-order valence-corrected chi connectivity index (χ1v) is 5.75. The smallest absolute Gasteiger partial charge is 0.335 e. The number of nitrogens with one attached hydrogen (secondary N) is 2. The van der Waals surface area contributed by atoms with Crippen LogP contribution in [0.3, 0.4) is 0 Å². The van der Waals surface area contributed by atoms with Crippen molar-refractivity contribution in [2.45, 2.75) is 13.8 Å².